The highest BCUT2D eigenvalue weighted by Gasteiger charge is 2.23. The van der Waals surface area contributed by atoms with Crippen LogP contribution in [0.25, 0.3) is 0 Å². The van der Waals surface area contributed by atoms with E-state index in [-0.39, 0.29) is 0 Å². The molecule has 1 aliphatic heterocycles. The van der Waals surface area contributed by atoms with Crippen LogP contribution >= 0.6 is 0 Å². The number of nitrogens with one attached hydrogen (secondary N) is 2. The molecule has 1 aliphatic rings. The Hall–Kier alpha value is -2.03. The van der Waals surface area contributed by atoms with E-state index in [1.807, 2.05) is 6.07 Å². The molecule has 1 unspecified atom stereocenters. The largest absolute Gasteiger partial charge is 0.497 e. The van der Waals surface area contributed by atoms with Crippen molar-refractivity contribution in [3.05, 3.63) is 23.8 Å². The lowest BCUT2D eigenvalue weighted by atomic mass is 10.2. The van der Waals surface area contributed by atoms with Gasteiger partial charge in [-0.2, -0.15) is 0 Å². The first kappa shape index (κ1) is 23.3. The van der Waals surface area contributed by atoms with Crippen LogP contribution in [0, 0.1) is 0 Å². The fourth-order valence-corrected chi connectivity index (χ4v) is 3.29. The Bertz CT molecular complexity index is 604. The lowest BCUT2D eigenvalue weighted by Gasteiger charge is -2.19. The van der Waals surface area contributed by atoms with Gasteiger partial charge < -0.3 is 29.6 Å². The van der Waals surface area contributed by atoms with E-state index in [1.54, 1.807) is 21.3 Å². The van der Waals surface area contributed by atoms with Crippen LogP contribution in [-0.2, 0) is 16.0 Å². The van der Waals surface area contributed by atoms with Crippen LogP contribution in [0.2, 0.25) is 0 Å². The normalized spacial score (nSPS) is 17.4. The van der Waals surface area contributed by atoms with Crippen LogP contribution in [-0.4, -0.2) is 84.2 Å². The van der Waals surface area contributed by atoms with Crippen molar-refractivity contribution in [2.24, 2.45) is 4.99 Å². The monoisotopic (exact) mass is 408 g/mol. The third-order valence-corrected chi connectivity index (χ3v) is 4.71. The lowest BCUT2D eigenvalue weighted by molar-refractivity contribution is 0.0748. The number of aliphatic imine (C=N–C) groups is 1. The summed E-state index contributed by atoms with van der Waals surface area (Å²) >= 11 is 0. The Morgan fingerprint density at radius 3 is 2.52 bits per heavy atom. The zero-order chi connectivity index (χ0) is 20.9. The summed E-state index contributed by atoms with van der Waals surface area (Å²) in [4.78, 5) is 7.04. The van der Waals surface area contributed by atoms with Gasteiger partial charge in [-0.1, -0.05) is 0 Å². The molecule has 29 heavy (non-hydrogen) atoms. The van der Waals surface area contributed by atoms with Crippen molar-refractivity contribution in [3.63, 3.8) is 0 Å². The molecule has 0 radical (unpaired) electrons. The highest BCUT2D eigenvalue weighted by atomic mass is 16.5. The lowest BCUT2D eigenvalue weighted by Crippen LogP contribution is -2.44. The number of nitrogens with zero attached hydrogens (tertiary/aromatic N) is 2. The molecule has 2 rings (SSSR count). The summed E-state index contributed by atoms with van der Waals surface area (Å²) < 4.78 is 21.2. The van der Waals surface area contributed by atoms with Gasteiger partial charge in [-0.05, 0) is 31.0 Å². The van der Waals surface area contributed by atoms with Gasteiger partial charge in [0, 0.05) is 45.4 Å². The van der Waals surface area contributed by atoms with Crippen molar-refractivity contribution in [2.75, 3.05) is 67.3 Å². The van der Waals surface area contributed by atoms with Crippen molar-refractivity contribution in [1.29, 1.82) is 0 Å². The van der Waals surface area contributed by atoms with E-state index in [2.05, 4.69) is 39.6 Å². The van der Waals surface area contributed by atoms with Gasteiger partial charge in [0.2, 0.25) is 0 Å². The van der Waals surface area contributed by atoms with Crippen LogP contribution in [0.15, 0.2) is 23.2 Å². The summed E-state index contributed by atoms with van der Waals surface area (Å²) in [6, 6.07) is 6.40. The fraction of sp³-hybridized carbons (Fsp3) is 0.667. The van der Waals surface area contributed by atoms with Gasteiger partial charge in [-0.15, -0.1) is 0 Å². The molecule has 0 amide bonds. The second kappa shape index (κ2) is 13.2. The molecule has 1 heterocycles. The van der Waals surface area contributed by atoms with Crippen LogP contribution in [0.4, 0.5) is 0 Å². The molecule has 0 bridgehead atoms. The molecule has 8 heteroatoms. The second-order valence-corrected chi connectivity index (χ2v) is 6.95. The van der Waals surface area contributed by atoms with Gasteiger partial charge in [-0.25, -0.2) is 0 Å². The van der Waals surface area contributed by atoms with E-state index in [0.717, 1.165) is 50.1 Å². The van der Waals surface area contributed by atoms with Crippen molar-refractivity contribution < 1.29 is 18.9 Å². The first-order valence-corrected chi connectivity index (χ1v) is 10.2. The van der Waals surface area contributed by atoms with Crippen LogP contribution in [0.5, 0.6) is 11.5 Å². The van der Waals surface area contributed by atoms with Crippen molar-refractivity contribution in [2.45, 2.75) is 25.9 Å². The predicted molar refractivity (Wildman–Crippen MR) is 115 cm³/mol. The van der Waals surface area contributed by atoms with Crippen molar-refractivity contribution in [3.8, 4) is 11.5 Å². The molecule has 1 atom stereocenters. The minimum absolute atomic E-state index is 0.370. The minimum Gasteiger partial charge on any atom is -0.497 e. The number of likely N-dealkylation sites (tertiary alicyclic amines) is 1. The van der Waals surface area contributed by atoms with Gasteiger partial charge in [-0.3, -0.25) is 9.89 Å². The smallest absolute Gasteiger partial charge is 0.191 e. The third kappa shape index (κ3) is 8.47. The van der Waals surface area contributed by atoms with E-state index in [0.29, 0.717) is 32.4 Å². The number of ether oxygens (including phenoxy) is 4. The molecule has 0 aliphatic carbocycles. The van der Waals surface area contributed by atoms with Crippen LogP contribution in [0.3, 0.4) is 0 Å². The highest BCUT2D eigenvalue weighted by molar-refractivity contribution is 5.80. The molecule has 1 aromatic rings. The highest BCUT2D eigenvalue weighted by Crippen LogP contribution is 2.24. The summed E-state index contributed by atoms with van der Waals surface area (Å²) in [5.41, 5.74) is 1.19. The first-order chi connectivity index (χ1) is 14.2. The number of hydrogen-bond donors (Lipinski definition) is 2. The Labute approximate surface area is 174 Å². The summed E-state index contributed by atoms with van der Waals surface area (Å²) in [5.74, 6) is 2.49. The van der Waals surface area contributed by atoms with Gasteiger partial charge in [0.15, 0.2) is 5.96 Å². The van der Waals surface area contributed by atoms with Crippen molar-refractivity contribution >= 4 is 5.96 Å². The summed E-state index contributed by atoms with van der Waals surface area (Å²) in [6.07, 6.45) is 1.08. The average molecular weight is 409 g/mol. The molecule has 1 saturated heterocycles. The van der Waals surface area contributed by atoms with E-state index in [1.165, 1.54) is 5.56 Å². The molecule has 8 nitrogen and oxygen atoms in total. The Kier molecular flexibility index (Phi) is 10.6. The summed E-state index contributed by atoms with van der Waals surface area (Å²) in [5, 5.41) is 6.86. The third-order valence-electron chi connectivity index (χ3n) is 4.71. The zero-order valence-corrected chi connectivity index (χ0v) is 18.2. The Morgan fingerprint density at radius 2 is 1.86 bits per heavy atom. The number of rotatable bonds is 12. The first-order valence-electron chi connectivity index (χ1n) is 10.2. The zero-order valence-electron chi connectivity index (χ0n) is 18.2. The van der Waals surface area contributed by atoms with E-state index < -0.39 is 0 Å². The van der Waals surface area contributed by atoms with Crippen LogP contribution < -0.4 is 20.1 Å². The number of benzene rings is 1. The molecule has 2 N–H and O–H groups in total. The Balaban J connectivity index is 1.82. The van der Waals surface area contributed by atoms with E-state index in [9.17, 15) is 0 Å². The Morgan fingerprint density at radius 1 is 1.10 bits per heavy atom. The minimum atomic E-state index is 0.370. The average Bonchev–Trinajstić information content (AvgIpc) is 3.16. The number of guanidine groups is 1. The molecule has 0 saturated carbocycles. The van der Waals surface area contributed by atoms with Gasteiger partial charge >= 0.3 is 0 Å². The van der Waals surface area contributed by atoms with Gasteiger partial charge in [0.1, 0.15) is 11.5 Å². The molecule has 1 fully saturated rings. The molecular weight excluding hydrogens is 372 g/mol. The topological polar surface area (TPSA) is 76.6 Å². The molecule has 0 spiro atoms. The molecular formula is C21H36N4O4. The molecule has 1 aromatic carbocycles. The quantitative estimate of drug-likeness (QED) is 0.308. The number of methoxy groups -OCH3 is 3. The maximum Gasteiger partial charge on any atom is 0.191 e. The van der Waals surface area contributed by atoms with E-state index in [4.69, 9.17) is 18.9 Å². The molecule has 0 aromatic heterocycles. The SMILES string of the molecule is CCNC(=NCCOCCOC)NC1CCN(Cc2cc(OC)cc(OC)c2)C1. The van der Waals surface area contributed by atoms with E-state index >= 15 is 0 Å². The van der Waals surface area contributed by atoms with Crippen LogP contribution in [0.1, 0.15) is 18.9 Å². The van der Waals surface area contributed by atoms with Gasteiger partial charge in [0.25, 0.3) is 0 Å². The van der Waals surface area contributed by atoms with Crippen molar-refractivity contribution in [1.82, 2.24) is 15.5 Å². The maximum absolute atomic E-state index is 5.48. The summed E-state index contributed by atoms with van der Waals surface area (Å²) in [7, 11) is 5.03. The number of hydrogen-bond acceptors (Lipinski definition) is 6. The van der Waals surface area contributed by atoms with Gasteiger partial charge in [0.05, 0.1) is 40.6 Å². The standard InChI is InChI=1S/C21H36N4O4/c1-5-22-21(23-7-9-29-11-10-26-2)24-18-6-8-25(16-18)15-17-12-19(27-3)14-20(13-17)28-4/h12-14,18H,5-11,15-16H2,1-4H3,(H2,22,23,24). The second-order valence-electron chi connectivity index (χ2n) is 6.95. The molecule has 164 valence electrons. The predicted octanol–water partition coefficient (Wildman–Crippen LogP) is 1.50. The summed E-state index contributed by atoms with van der Waals surface area (Å²) in [6.45, 7) is 8.20. The fourth-order valence-electron chi connectivity index (χ4n) is 3.29. The maximum atomic E-state index is 5.48.